The van der Waals surface area contributed by atoms with Crippen LogP contribution in [0, 0.1) is 0 Å². The van der Waals surface area contributed by atoms with Gasteiger partial charge in [0.15, 0.2) is 0 Å². The van der Waals surface area contributed by atoms with Crippen molar-refractivity contribution in [2.24, 2.45) is 0 Å². The summed E-state index contributed by atoms with van der Waals surface area (Å²) in [5.74, 6) is 1.07. The number of hydrogen-bond acceptors (Lipinski definition) is 5. The van der Waals surface area contributed by atoms with Crippen LogP contribution in [-0.4, -0.2) is 40.5 Å². The number of aromatic nitrogens is 2. The molecule has 1 fully saturated rings. The van der Waals surface area contributed by atoms with Gasteiger partial charge in [0.05, 0.1) is 4.47 Å². The lowest BCUT2D eigenvalue weighted by atomic mass is 10.1. The lowest BCUT2D eigenvalue weighted by Crippen LogP contribution is -2.41. The molecule has 0 aliphatic carbocycles. The van der Waals surface area contributed by atoms with Gasteiger partial charge in [0.2, 0.25) is 5.95 Å². The van der Waals surface area contributed by atoms with Crippen molar-refractivity contribution in [3.63, 3.8) is 0 Å². The van der Waals surface area contributed by atoms with Crippen LogP contribution in [0.3, 0.4) is 0 Å². The second kappa shape index (κ2) is 6.33. The third kappa shape index (κ3) is 3.55. The smallest absolute Gasteiger partial charge is 0.221 e. The van der Waals surface area contributed by atoms with Crippen LogP contribution in [0.4, 0.5) is 11.8 Å². The van der Waals surface area contributed by atoms with Crippen LogP contribution in [0.25, 0.3) is 0 Å². The Morgan fingerprint density at radius 1 is 1.44 bits per heavy atom. The zero-order chi connectivity index (χ0) is 13.0. The number of nitrogens with zero attached hydrogens (tertiary/aromatic N) is 3. The molecular weight excluding hydrogens is 294 g/mol. The Morgan fingerprint density at radius 2 is 2.17 bits per heavy atom. The van der Waals surface area contributed by atoms with Crippen molar-refractivity contribution >= 4 is 27.7 Å². The highest BCUT2D eigenvalue weighted by molar-refractivity contribution is 9.10. The maximum Gasteiger partial charge on any atom is 0.221 e. The molecule has 0 spiro atoms. The molecule has 6 heteroatoms. The molecule has 1 aliphatic rings. The number of nitrogens with one attached hydrogen (secondary N) is 1. The average molecular weight is 314 g/mol. The van der Waals surface area contributed by atoms with Crippen LogP contribution < -0.4 is 11.1 Å². The fraction of sp³-hybridized carbons (Fsp3) is 0.667. The molecule has 1 atom stereocenters. The number of hydrogen-bond donors (Lipinski definition) is 2. The highest BCUT2D eigenvalue weighted by Gasteiger charge is 2.16. The van der Waals surface area contributed by atoms with E-state index >= 15 is 0 Å². The van der Waals surface area contributed by atoms with Gasteiger partial charge >= 0.3 is 0 Å². The molecule has 0 bridgehead atoms. The summed E-state index contributed by atoms with van der Waals surface area (Å²) in [7, 11) is 0. The highest BCUT2D eigenvalue weighted by atomic mass is 79.9. The van der Waals surface area contributed by atoms with Gasteiger partial charge in [-0.1, -0.05) is 6.42 Å². The third-order valence-electron chi connectivity index (χ3n) is 3.34. The largest absolute Gasteiger partial charge is 0.368 e. The van der Waals surface area contributed by atoms with Gasteiger partial charge in [-0.05, 0) is 48.8 Å². The van der Waals surface area contributed by atoms with E-state index in [1.807, 2.05) is 0 Å². The molecule has 0 saturated carbocycles. The summed E-state index contributed by atoms with van der Waals surface area (Å²) in [5, 5.41) is 3.33. The first-order chi connectivity index (χ1) is 8.66. The van der Waals surface area contributed by atoms with Crippen LogP contribution in [0.1, 0.15) is 26.2 Å². The Labute approximate surface area is 116 Å². The average Bonchev–Trinajstić information content (AvgIpc) is 2.40. The van der Waals surface area contributed by atoms with E-state index < -0.39 is 0 Å². The van der Waals surface area contributed by atoms with E-state index in [2.05, 4.69) is 43.0 Å². The summed E-state index contributed by atoms with van der Waals surface area (Å²) in [4.78, 5) is 10.6. The quantitative estimate of drug-likeness (QED) is 0.891. The molecule has 0 amide bonds. The Hall–Kier alpha value is -0.880. The monoisotopic (exact) mass is 313 g/mol. The summed E-state index contributed by atoms with van der Waals surface area (Å²) >= 11 is 3.42. The summed E-state index contributed by atoms with van der Waals surface area (Å²) in [6.45, 7) is 5.53. The normalized spacial score (nSPS) is 18.6. The van der Waals surface area contributed by atoms with Crippen molar-refractivity contribution < 1.29 is 0 Å². The molecule has 1 aromatic rings. The Morgan fingerprint density at radius 3 is 2.89 bits per heavy atom. The molecule has 0 aromatic carbocycles. The minimum absolute atomic E-state index is 0.298. The van der Waals surface area contributed by atoms with Crippen molar-refractivity contribution in [3.8, 4) is 0 Å². The van der Waals surface area contributed by atoms with Gasteiger partial charge < -0.3 is 11.1 Å². The maximum atomic E-state index is 5.58. The van der Waals surface area contributed by atoms with E-state index in [0.717, 1.165) is 16.8 Å². The van der Waals surface area contributed by atoms with Gasteiger partial charge in [-0.25, -0.2) is 4.98 Å². The molecular formula is C12H20BrN5. The molecule has 0 radical (unpaired) electrons. The molecule has 2 rings (SSSR count). The Bertz CT molecular complexity index is 392. The molecule has 1 aromatic heterocycles. The maximum absolute atomic E-state index is 5.58. The fourth-order valence-corrected chi connectivity index (χ4v) is 2.57. The van der Waals surface area contributed by atoms with E-state index in [-0.39, 0.29) is 0 Å². The van der Waals surface area contributed by atoms with Crippen LogP contribution in [-0.2, 0) is 0 Å². The molecule has 2 heterocycles. The molecule has 1 aliphatic heterocycles. The van der Waals surface area contributed by atoms with Crippen molar-refractivity contribution in [3.05, 3.63) is 10.7 Å². The number of piperidine rings is 1. The first-order valence-electron chi connectivity index (χ1n) is 6.43. The minimum atomic E-state index is 0.298. The number of likely N-dealkylation sites (tertiary alicyclic amines) is 1. The van der Waals surface area contributed by atoms with Crippen LogP contribution in [0.15, 0.2) is 10.7 Å². The number of anilines is 2. The standard InChI is InChI=1S/C12H20BrN5/c1-9(18-5-3-2-4-6-18)7-15-11-10(13)8-16-12(14)17-11/h8-9H,2-7H2,1H3,(H3,14,15,16,17). The number of nitrogen functional groups attached to an aromatic ring is 1. The zero-order valence-electron chi connectivity index (χ0n) is 10.7. The van der Waals surface area contributed by atoms with Crippen LogP contribution in [0.5, 0.6) is 0 Å². The first kappa shape index (κ1) is 13.5. The second-order valence-corrected chi connectivity index (χ2v) is 5.61. The van der Waals surface area contributed by atoms with E-state index in [1.165, 1.54) is 32.4 Å². The number of halogens is 1. The lowest BCUT2D eigenvalue weighted by Gasteiger charge is -2.32. The van der Waals surface area contributed by atoms with Crippen LogP contribution in [0.2, 0.25) is 0 Å². The SMILES string of the molecule is CC(CNc1nc(N)ncc1Br)N1CCCCC1. The predicted molar refractivity (Wildman–Crippen MR) is 77.5 cm³/mol. The minimum Gasteiger partial charge on any atom is -0.368 e. The summed E-state index contributed by atoms with van der Waals surface area (Å²) in [6, 6.07) is 0.508. The van der Waals surface area contributed by atoms with Crippen molar-refractivity contribution in [2.45, 2.75) is 32.2 Å². The van der Waals surface area contributed by atoms with Gasteiger partial charge in [-0.2, -0.15) is 4.98 Å². The van der Waals surface area contributed by atoms with Crippen molar-refractivity contribution in [1.29, 1.82) is 0 Å². The van der Waals surface area contributed by atoms with Crippen LogP contribution >= 0.6 is 15.9 Å². The molecule has 100 valence electrons. The molecule has 1 unspecified atom stereocenters. The van der Waals surface area contributed by atoms with Crippen molar-refractivity contribution in [1.82, 2.24) is 14.9 Å². The molecule has 18 heavy (non-hydrogen) atoms. The number of rotatable bonds is 4. The van der Waals surface area contributed by atoms with Gasteiger partial charge in [-0.15, -0.1) is 0 Å². The third-order valence-corrected chi connectivity index (χ3v) is 3.92. The van der Waals surface area contributed by atoms with E-state index in [4.69, 9.17) is 5.73 Å². The Kier molecular flexibility index (Phi) is 4.77. The molecule has 3 N–H and O–H groups in total. The zero-order valence-corrected chi connectivity index (χ0v) is 12.3. The number of nitrogens with two attached hydrogens (primary N) is 1. The van der Waals surface area contributed by atoms with E-state index in [9.17, 15) is 0 Å². The fourth-order valence-electron chi connectivity index (χ4n) is 2.24. The Balaban J connectivity index is 1.88. The van der Waals surface area contributed by atoms with Gasteiger partial charge in [-0.3, -0.25) is 4.90 Å². The molecule has 1 saturated heterocycles. The molecule has 5 nitrogen and oxygen atoms in total. The predicted octanol–water partition coefficient (Wildman–Crippen LogP) is 2.11. The summed E-state index contributed by atoms with van der Waals surface area (Å²) < 4.78 is 0.850. The van der Waals surface area contributed by atoms with Gasteiger partial charge in [0, 0.05) is 18.8 Å². The summed E-state index contributed by atoms with van der Waals surface area (Å²) in [5.41, 5.74) is 5.58. The lowest BCUT2D eigenvalue weighted by molar-refractivity contribution is 0.180. The van der Waals surface area contributed by atoms with E-state index in [1.54, 1.807) is 6.20 Å². The highest BCUT2D eigenvalue weighted by Crippen LogP contribution is 2.19. The van der Waals surface area contributed by atoms with Crippen molar-refractivity contribution in [2.75, 3.05) is 30.7 Å². The topological polar surface area (TPSA) is 67.1 Å². The first-order valence-corrected chi connectivity index (χ1v) is 7.22. The summed E-state index contributed by atoms with van der Waals surface area (Å²) in [6.07, 6.45) is 5.67. The van der Waals surface area contributed by atoms with Gasteiger partial charge in [0.25, 0.3) is 0 Å². The van der Waals surface area contributed by atoms with E-state index in [0.29, 0.717) is 12.0 Å². The van der Waals surface area contributed by atoms with Gasteiger partial charge in [0.1, 0.15) is 5.82 Å². The second-order valence-electron chi connectivity index (χ2n) is 4.75.